The largest absolute Gasteiger partial charge is 0.462 e. The Hall–Kier alpha value is -0.530. The van der Waals surface area contributed by atoms with Crippen molar-refractivity contribution in [2.45, 2.75) is 52.1 Å². The van der Waals surface area contributed by atoms with Gasteiger partial charge in [-0.3, -0.25) is 4.79 Å². The summed E-state index contributed by atoms with van der Waals surface area (Å²) in [5, 5.41) is 0. The van der Waals surface area contributed by atoms with Gasteiger partial charge in [-0.25, -0.2) is 0 Å². The standard InChI is InChI=1S/C10H18O2/c1-3-4-5-9-6-8(2)7-10(11)12-9/h8-9H,3-7H2,1-2H3/t8-,9?/m0/s1. The van der Waals surface area contributed by atoms with Crippen molar-refractivity contribution in [3.63, 3.8) is 0 Å². The van der Waals surface area contributed by atoms with Crippen molar-refractivity contribution >= 4 is 5.97 Å². The lowest BCUT2D eigenvalue weighted by molar-refractivity contribution is -0.156. The van der Waals surface area contributed by atoms with E-state index < -0.39 is 0 Å². The normalized spacial score (nSPS) is 30.0. The average Bonchev–Trinajstić information content (AvgIpc) is 1.99. The third kappa shape index (κ3) is 2.84. The van der Waals surface area contributed by atoms with Crippen LogP contribution < -0.4 is 0 Å². The zero-order chi connectivity index (χ0) is 8.97. The van der Waals surface area contributed by atoms with Crippen molar-refractivity contribution in [2.75, 3.05) is 0 Å². The summed E-state index contributed by atoms with van der Waals surface area (Å²) in [5.41, 5.74) is 0. The lowest BCUT2D eigenvalue weighted by Crippen LogP contribution is -2.28. The fourth-order valence-electron chi connectivity index (χ4n) is 1.71. The van der Waals surface area contributed by atoms with E-state index in [4.69, 9.17) is 4.74 Å². The molecule has 1 rings (SSSR count). The molecule has 0 N–H and O–H groups in total. The van der Waals surface area contributed by atoms with Crippen molar-refractivity contribution in [1.29, 1.82) is 0 Å². The number of unbranched alkanes of at least 4 members (excludes halogenated alkanes) is 1. The van der Waals surface area contributed by atoms with Crippen molar-refractivity contribution in [3.05, 3.63) is 0 Å². The minimum atomic E-state index is -0.00477. The Morgan fingerprint density at radius 2 is 2.33 bits per heavy atom. The number of cyclic esters (lactones) is 1. The second kappa shape index (κ2) is 4.48. The van der Waals surface area contributed by atoms with Gasteiger partial charge in [0.15, 0.2) is 0 Å². The van der Waals surface area contributed by atoms with Crippen LogP contribution >= 0.6 is 0 Å². The predicted octanol–water partition coefficient (Wildman–Crippen LogP) is 2.52. The highest BCUT2D eigenvalue weighted by Crippen LogP contribution is 2.23. The smallest absolute Gasteiger partial charge is 0.306 e. The Balaban J connectivity index is 2.29. The van der Waals surface area contributed by atoms with E-state index in [1.165, 1.54) is 12.8 Å². The first-order chi connectivity index (χ1) is 5.72. The molecule has 1 unspecified atom stereocenters. The summed E-state index contributed by atoms with van der Waals surface area (Å²) in [5.74, 6) is 0.517. The second-order valence-corrected chi connectivity index (χ2v) is 3.80. The van der Waals surface area contributed by atoms with Gasteiger partial charge in [-0.1, -0.05) is 26.7 Å². The zero-order valence-corrected chi connectivity index (χ0v) is 8.01. The van der Waals surface area contributed by atoms with Gasteiger partial charge in [-0.15, -0.1) is 0 Å². The summed E-state index contributed by atoms with van der Waals surface area (Å²) in [7, 11) is 0. The third-order valence-corrected chi connectivity index (χ3v) is 2.36. The number of ether oxygens (including phenoxy) is 1. The highest BCUT2D eigenvalue weighted by Gasteiger charge is 2.24. The maximum atomic E-state index is 11.0. The molecular formula is C10H18O2. The zero-order valence-electron chi connectivity index (χ0n) is 8.01. The molecule has 0 bridgehead atoms. The fraction of sp³-hybridized carbons (Fsp3) is 0.900. The Labute approximate surface area is 74.3 Å². The molecule has 0 radical (unpaired) electrons. The summed E-state index contributed by atoms with van der Waals surface area (Å²) in [4.78, 5) is 11.0. The van der Waals surface area contributed by atoms with Crippen LogP contribution in [0.1, 0.15) is 46.0 Å². The first-order valence-electron chi connectivity index (χ1n) is 4.91. The van der Waals surface area contributed by atoms with E-state index in [9.17, 15) is 4.79 Å². The minimum Gasteiger partial charge on any atom is -0.462 e. The molecule has 0 aliphatic carbocycles. The van der Waals surface area contributed by atoms with Crippen LogP contribution in [-0.2, 0) is 9.53 Å². The molecule has 0 amide bonds. The maximum absolute atomic E-state index is 11.0. The van der Waals surface area contributed by atoms with Crippen molar-refractivity contribution in [3.8, 4) is 0 Å². The predicted molar refractivity (Wildman–Crippen MR) is 47.8 cm³/mol. The molecule has 0 saturated carbocycles. The molecule has 1 aliphatic heterocycles. The number of carbonyl (C=O) groups excluding carboxylic acids is 1. The highest BCUT2D eigenvalue weighted by atomic mass is 16.5. The summed E-state index contributed by atoms with van der Waals surface area (Å²) in [6.07, 6.45) is 5.29. The quantitative estimate of drug-likeness (QED) is 0.608. The van der Waals surface area contributed by atoms with Gasteiger partial charge >= 0.3 is 5.97 Å². The van der Waals surface area contributed by atoms with Gasteiger partial charge in [-0.2, -0.15) is 0 Å². The molecule has 1 aliphatic rings. The monoisotopic (exact) mass is 170 g/mol. The van der Waals surface area contributed by atoms with Gasteiger partial charge in [-0.05, 0) is 18.8 Å². The van der Waals surface area contributed by atoms with E-state index >= 15 is 0 Å². The maximum Gasteiger partial charge on any atom is 0.306 e. The Morgan fingerprint density at radius 1 is 1.58 bits per heavy atom. The average molecular weight is 170 g/mol. The summed E-state index contributed by atoms with van der Waals surface area (Å²) in [6.45, 7) is 4.29. The molecule has 0 aromatic carbocycles. The molecule has 1 fully saturated rings. The lowest BCUT2D eigenvalue weighted by Gasteiger charge is -2.26. The first kappa shape index (κ1) is 9.56. The molecule has 1 heterocycles. The summed E-state index contributed by atoms with van der Waals surface area (Å²) >= 11 is 0. The van der Waals surface area contributed by atoms with Crippen LogP contribution in [-0.4, -0.2) is 12.1 Å². The van der Waals surface area contributed by atoms with E-state index in [0.717, 1.165) is 12.8 Å². The van der Waals surface area contributed by atoms with E-state index in [1.807, 2.05) is 0 Å². The van der Waals surface area contributed by atoms with Crippen molar-refractivity contribution in [1.82, 2.24) is 0 Å². The SMILES string of the molecule is CCCCC1C[C@H](C)CC(=O)O1. The topological polar surface area (TPSA) is 26.3 Å². The number of carbonyl (C=O) groups is 1. The Morgan fingerprint density at radius 3 is 2.92 bits per heavy atom. The third-order valence-electron chi connectivity index (χ3n) is 2.36. The Kier molecular flexibility index (Phi) is 3.57. The Bertz CT molecular complexity index is 154. The molecular weight excluding hydrogens is 152 g/mol. The molecule has 12 heavy (non-hydrogen) atoms. The minimum absolute atomic E-state index is 0.00477. The molecule has 70 valence electrons. The van der Waals surface area contributed by atoms with Gasteiger partial charge in [0.2, 0.25) is 0 Å². The molecule has 2 atom stereocenters. The summed E-state index contributed by atoms with van der Waals surface area (Å²) < 4.78 is 5.22. The van der Waals surface area contributed by atoms with Crippen LogP contribution in [0.3, 0.4) is 0 Å². The van der Waals surface area contributed by atoms with Crippen LogP contribution in [0.2, 0.25) is 0 Å². The fourth-order valence-corrected chi connectivity index (χ4v) is 1.71. The van der Waals surface area contributed by atoms with Crippen LogP contribution in [0.5, 0.6) is 0 Å². The highest BCUT2D eigenvalue weighted by molar-refractivity contribution is 5.70. The molecule has 2 heteroatoms. The van der Waals surface area contributed by atoms with Gasteiger partial charge in [0.1, 0.15) is 6.10 Å². The molecule has 2 nitrogen and oxygen atoms in total. The van der Waals surface area contributed by atoms with E-state index in [-0.39, 0.29) is 12.1 Å². The first-order valence-corrected chi connectivity index (χ1v) is 4.91. The van der Waals surface area contributed by atoms with Gasteiger partial charge in [0.25, 0.3) is 0 Å². The molecule has 0 aromatic rings. The van der Waals surface area contributed by atoms with E-state index in [1.54, 1.807) is 0 Å². The molecule has 0 spiro atoms. The van der Waals surface area contributed by atoms with Crippen molar-refractivity contribution in [2.24, 2.45) is 5.92 Å². The second-order valence-electron chi connectivity index (χ2n) is 3.80. The summed E-state index contributed by atoms with van der Waals surface area (Å²) in [6, 6.07) is 0. The van der Waals surface area contributed by atoms with Crippen LogP contribution in [0.4, 0.5) is 0 Å². The number of hydrogen-bond acceptors (Lipinski definition) is 2. The number of hydrogen-bond donors (Lipinski definition) is 0. The van der Waals surface area contributed by atoms with Crippen LogP contribution in [0.15, 0.2) is 0 Å². The number of rotatable bonds is 3. The van der Waals surface area contributed by atoms with Gasteiger partial charge < -0.3 is 4.74 Å². The van der Waals surface area contributed by atoms with E-state index in [0.29, 0.717) is 12.3 Å². The molecule has 0 aromatic heterocycles. The van der Waals surface area contributed by atoms with Crippen LogP contribution in [0.25, 0.3) is 0 Å². The van der Waals surface area contributed by atoms with Crippen LogP contribution in [0, 0.1) is 5.92 Å². The van der Waals surface area contributed by atoms with E-state index in [2.05, 4.69) is 13.8 Å². The van der Waals surface area contributed by atoms with Gasteiger partial charge in [0, 0.05) is 6.42 Å². The van der Waals surface area contributed by atoms with Crippen molar-refractivity contribution < 1.29 is 9.53 Å². The lowest BCUT2D eigenvalue weighted by atomic mass is 9.94. The number of esters is 1. The molecule has 1 saturated heterocycles. The van der Waals surface area contributed by atoms with Gasteiger partial charge in [0.05, 0.1) is 0 Å².